The van der Waals surface area contributed by atoms with Gasteiger partial charge in [-0.1, -0.05) is 37.3 Å². The minimum atomic E-state index is -4.08. The van der Waals surface area contributed by atoms with Gasteiger partial charge < -0.3 is 15.0 Å². The van der Waals surface area contributed by atoms with Crippen LogP contribution in [0.3, 0.4) is 0 Å². The van der Waals surface area contributed by atoms with Crippen LogP contribution in [0.25, 0.3) is 0 Å². The van der Waals surface area contributed by atoms with Gasteiger partial charge in [0.15, 0.2) is 0 Å². The first-order valence-corrected chi connectivity index (χ1v) is 14.8. The Kier molecular flexibility index (Phi) is 10.5. The number of nitrogens with zero attached hydrogens (tertiary/aromatic N) is 2. The van der Waals surface area contributed by atoms with Crippen LogP contribution < -0.4 is 14.4 Å². The molecule has 0 fully saturated rings. The molecule has 0 aromatic heterocycles. The predicted molar refractivity (Wildman–Crippen MR) is 156 cm³/mol. The Morgan fingerprint density at radius 2 is 1.66 bits per heavy atom. The second-order valence-electron chi connectivity index (χ2n) is 8.49. The highest BCUT2D eigenvalue weighted by Gasteiger charge is 2.33. The molecule has 0 saturated heterocycles. The largest absolute Gasteiger partial charge is 0.497 e. The Morgan fingerprint density at radius 3 is 2.26 bits per heavy atom. The number of hydrogen-bond acceptors (Lipinski definition) is 5. The van der Waals surface area contributed by atoms with Gasteiger partial charge in [0.2, 0.25) is 11.8 Å². The quantitative estimate of drug-likeness (QED) is 0.293. The molecule has 3 rings (SSSR count). The van der Waals surface area contributed by atoms with Gasteiger partial charge in [0.25, 0.3) is 10.0 Å². The summed E-state index contributed by atoms with van der Waals surface area (Å²) in [6.45, 7) is 3.68. The second kappa shape index (κ2) is 13.6. The Morgan fingerprint density at radius 1 is 0.974 bits per heavy atom. The van der Waals surface area contributed by atoms with E-state index in [4.69, 9.17) is 4.74 Å². The number of amides is 2. The van der Waals surface area contributed by atoms with Gasteiger partial charge in [-0.2, -0.15) is 0 Å². The minimum Gasteiger partial charge on any atom is -0.497 e. The molecule has 0 radical (unpaired) electrons. The maximum Gasteiger partial charge on any atom is 0.264 e. The lowest BCUT2D eigenvalue weighted by molar-refractivity contribution is -0.140. The highest BCUT2D eigenvalue weighted by Crippen LogP contribution is 2.26. The molecule has 0 aliphatic heterocycles. The van der Waals surface area contributed by atoms with Crippen LogP contribution in [0.1, 0.15) is 25.8 Å². The summed E-state index contributed by atoms with van der Waals surface area (Å²) in [6, 6.07) is 21.4. The molecule has 0 spiro atoms. The minimum absolute atomic E-state index is 0.0708. The number of carbonyl (C=O) groups is 2. The molecule has 0 saturated carbocycles. The lowest BCUT2D eigenvalue weighted by atomic mass is 10.1. The summed E-state index contributed by atoms with van der Waals surface area (Å²) in [5.74, 6) is -0.171. The van der Waals surface area contributed by atoms with E-state index in [1.165, 1.54) is 17.0 Å². The molecule has 38 heavy (non-hydrogen) atoms. The Balaban J connectivity index is 2.05. The van der Waals surface area contributed by atoms with Crippen LogP contribution in [0.2, 0.25) is 0 Å². The third-order valence-corrected chi connectivity index (χ3v) is 8.46. The van der Waals surface area contributed by atoms with Gasteiger partial charge in [0.1, 0.15) is 18.3 Å². The number of anilines is 1. The van der Waals surface area contributed by atoms with E-state index in [9.17, 15) is 18.0 Å². The zero-order valence-corrected chi connectivity index (χ0v) is 24.6. The van der Waals surface area contributed by atoms with Gasteiger partial charge in [-0.15, -0.1) is 0 Å². The van der Waals surface area contributed by atoms with Crippen LogP contribution in [0.4, 0.5) is 5.69 Å². The number of rotatable bonds is 12. The number of sulfonamides is 1. The molecule has 0 aliphatic rings. The molecule has 1 atom stereocenters. The third-order valence-electron chi connectivity index (χ3n) is 5.95. The van der Waals surface area contributed by atoms with Crippen LogP contribution in [0.5, 0.6) is 5.75 Å². The smallest absolute Gasteiger partial charge is 0.264 e. The van der Waals surface area contributed by atoms with Crippen molar-refractivity contribution in [3.8, 4) is 5.75 Å². The van der Waals surface area contributed by atoms with Crippen LogP contribution >= 0.6 is 22.6 Å². The summed E-state index contributed by atoms with van der Waals surface area (Å²) in [4.78, 5) is 28.4. The van der Waals surface area contributed by atoms with Gasteiger partial charge in [-0.05, 0) is 90.0 Å². The van der Waals surface area contributed by atoms with Crippen LogP contribution in [-0.2, 0) is 26.2 Å². The molecule has 0 aliphatic carbocycles. The van der Waals surface area contributed by atoms with Crippen LogP contribution in [0.15, 0.2) is 83.8 Å². The average Bonchev–Trinajstić information content (AvgIpc) is 2.92. The maximum atomic E-state index is 13.9. The molecular weight excluding hydrogens is 617 g/mol. The average molecular weight is 650 g/mol. The summed E-state index contributed by atoms with van der Waals surface area (Å²) < 4.78 is 34.9. The molecule has 3 aromatic carbocycles. The fraction of sp³-hybridized carbons (Fsp3) is 0.286. The molecule has 0 heterocycles. The lowest BCUT2D eigenvalue weighted by Crippen LogP contribution is -2.52. The molecule has 0 unspecified atom stereocenters. The van der Waals surface area contributed by atoms with Crippen molar-refractivity contribution in [1.29, 1.82) is 0 Å². The molecule has 202 valence electrons. The van der Waals surface area contributed by atoms with E-state index in [0.717, 1.165) is 13.4 Å². The summed E-state index contributed by atoms with van der Waals surface area (Å²) in [5.41, 5.74) is 1.11. The summed E-state index contributed by atoms with van der Waals surface area (Å²) >= 11 is 2.14. The van der Waals surface area contributed by atoms with Crippen molar-refractivity contribution in [3.63, 3.8) is 0 Å². The molecule has 3 aromatic rings. The molecule has 1 N–H and O–H groups in total. The van der Waals surface area contributed by atoms with Crippen molar-refractivity contribution >= 4 is 50.1 Å². The highest BCUT2D eigenvalue weighted by molar-refractivity contribution is 14.1. The zero-order chi connectivity index (χ0) is 27.7. The Labute approximate surface area is 238 Å². The van der Waals surface area contributed by atoms with Gasteiger partial charge >= 0.3 is 0 Å². The Hall–Kier alpha value is -3.12. The van der Waals surface area contributed by atoms with E-state index in [2.05, 4.69) is 27.9 Å². The SMILES string of the molecule is CCNC(=O)[C@H](CC)N(Cc1cccc(OC)c1)C(=O)CN(c1ccc(I)cc1)S(=O)(=O)c1ccccc1. The van der Waals surface area contributed by atoms with Crippen molar-refractivity contribution in [2.75, 3.05) is 24.5 Å². The number of halogens is 1. The number of carbonyl (C=O) groups excluding carboxylic acids is 2. The van der Waals surface area contributed by atoms with Gasteiger partial charge in [-0.3, -0.25) is 13.9 Å². The molecular formula is C28H32IN3O5S. The number of nitrogens with one attached hydrogen (secondary N) is 1. The van der Waals surface area contributed by atoms with E-state index in [1.54, 1.807) is 61.7 Å². The molecule has 0 bridgehead atoms. The number of benzene rings is 3. The van der Waals surface area contributed by atoms with E-state index in [-0.39, 0.29) is 17.3 Å². The molecule has 10 heteroatoms. The fourth-order valence-electron chi connectivity index (χ4n) is 4.03. The zero-order valence-electron chi connectivity index (χ0n) is 21.6. The van der Waals surface area contributed by atoms with Crippen molar-refractivity contribution in [2.24, 2.45) is 0 Å². The van der Waals surface area contributed by atoms with Crippen molar-refractivity contribution < 1.29 is 22.7 Å². The van der Waals surface area contributed by atoms with Crippen molar-refractivity contribution in [1.82, 2.24) is 10.2 Å². The summed E-state index contributed by atoms with van der Waals surface area (Å²) in [6.07, 6.45) is 0.358. The second-order valence-corrected chi connectivity index (χ2v) is 11.6. The van der Waals surface area contributed by atoms with E-state index < -0.39 is 28.5 Å². The van der Waals surface area contributed by atoms with E-state index in [1.807, 2.05) is 26.0 Å². The van der Waals surface area contributed by atoms with Crippen molar-refractivity contribution in [3.05, 3.63) is 88.0 Å². The first-order chi connectivity index (χ1) is 18.2. The number of hydrogen-bond donors (Lipinski definition) is 1. The van der Waals surface area contributed by atoms with Gasteiger partial charge in [-0.25, -0.2) is 8.42 Å². The molecule has 2 amide bonds. The lowest BCUT2D eigenvalue weighted by Gasteiger charge is -2.33. The maximum absolute atomic E-state index is 13.9. The fourth-order valence-corrected chi connectivity index (χ4v) is 5.83. The van der Waals surface area contributed by atoms with Gasteiger partial charge in [0, 0.05) is 16.7 Å². The highest BCUT2D eigenvalue weighted by atomic mass is 127. The monoisotopic (exact) mass is 649 g/mol. The first kappa shape index (κ1) is 29.4. The predicted octanol–water partition coefficient (Wildman–Crippen LogP) is 4.44. The van der Waals surface area contributed by atoms with Gasteiger partial charge in [0.05, 0.1) is 17.7 Å². The third kappa shape index (κ3) is 7.25. The first-order valence-electron chi connectivity index (χ1n) is 12.2. The van der Waals surface area contributed by atoms with Crippen LogP contribution in [-0.4, -0.2) is 51.4 Å². The standard InChI is InChI=1S/C28H32IN3O5S/c1-4-26(28(34)30-5-2)31(19-21-10-9-11-24(18-21)37-3)27(33)20-32(23-16-14-22(29)15-17-23)38(35,36)25-12-7-6-8-13-25/h6-18,26H,4-5,19-20H2,1-3H3,(H,30,34)/t26-/m0/s1. The van der Waals surface area contributed by atoms with Crippen LogP contribution in [0, 0.1) is 3.57 Å². The van der Waals surface area contributed by atoms with Crippen molar-refractivity contribution in [2.45, 2.75) is 37.8 Å². The number of methoxy groups -OCH3 is 1. The Bertz CT molecular complexity index is 1330. The van der Waals surface area contributed by atoms with E-state index in [0.29, 0.717) is 24.4 Å². The normalized spacial score (nSPS) is 11.9. The number of ether oxygens (including phenoxy) is 1. The number of likely N-dealkylation sites (N-methyl/N-ethyl adjacent to an activating group) is 1. The summed E-state index contributed by atoms with van der Waals surface area (Å²) in [7, 11) is -2.52. The molecule has 8 nitrogen and oxygen atoms in total. The summed E-state index contributed by atoms with van der Waals surface area (Å²) in [5, 5.41) is 2.80. The topological polar surface area (TPSA) is 96.0 Å². The van der Waals surface area contributed by atoms with E-state index >= 15 is 0 Å².